The van der Waals surface area contributed by atoms with Gasteiger partial charge in [-0.3, -0.25) is 41.4 Å². The van der Waals surface area contributed by atoms with Crippen molar-refractivity contribution in [1.29, 1.82) is 0 Å². The first-order valence-electron chi connectivity index (χ1n) is 26.8. The van der Waals surface area contributed by atoms with Crippen molar-refractivity contribution in [3.8, 4) is 0 Å². The van der Waals surface area contributed by atoms with Gasteiger partial charge in [-0.05, 0) is 126 Å². The van der Waals surface area contributed by atoms with Crippen molar-refractivity contribution >= 4 is 58.1 Å². The number of aromatic nitrogens is 2. The van der Waals surface area contributed by atoms with Crippen molar-refractivity contribution in [2.24, 2.45) is 9.98 Å². The summed E-state index contributed by atoms with van der Waals surface area (Å²) in [4.78, 5) is 47.3. The number of ether oxygens (including phenoxy) is 2. The summed E-state index contributed by atoms with van der Waals surface area (Å²) in [6.07, 6.45) is 29.9. The lowest BCUT2D eigenvalue weighted by Crippen LogP contribution is -2.37. The van der Waals surface area contributed by atoms with Gasteiger partial charge in [0, 0.05) is 47.0 Å². The van der Waals surface area contributed by atoms with Crippen LogP contribution in [0.2, 0.25) is 0 Å². The number of phosphoric acid groups is 1. The number of allylic oxidation sites excluding steroid dienone is 4. The minimum atomic E-state index is -4.70. The zero-order valence-electron chi connectivity index (χ0n) is 45.2. The van der Waals surface area contributed by atoms with Gasteiger partial charge >= 0.3 is 26.7 Å². The number of rotatable bonds is 38. The Morgan fingerprint density at radius 2 is 1.03 bits per heavy atom. The lowest BCUT2D eigenvalue weighted by atomic mass is 10.0. The first kappa shape index (κ1) is 62.3. The summed E-state index contributed by atoms with van der Waals surface area (Å²) >= 11 is 0. The van der Waals surface area contributed by atoms with Crippen LogP contribution in [-0.4, -0.2) is 105 Å². The minimum Gasteiger partial charge on any atom is -0.756 e. The van der Waals surface area contributed by atoms with E-state index in [9.17, 15) is 36.3 Å². The Balaban J connectivity index is 1.04. The molecule has 0 saturated heterocycles. The summed E-state index contributed by atoms with van der Waals surface area (Å²) in [6.45, 7) is 6.50. The molecule has 0 fully saturated rings. The summed E-state index contributed by atoms with van der Waals surface area (Å²) in [5.74, 6) is -0.975. The molecule has 4 heterocycles. The van der Waals surface area contributed by atoms with Crippen LogP contribution in [0.1, 0.15) is 175 Å². The average Bonchev–Trinajstić information content (AvgIpc) is 4.10. The fourth-order valence-electron chi connectivity index (χ4n) is 9.00. The SMILES string of the molecule is Cc1cc(C)n(B(F)F)c1/C=C1/C=CC(CCCCCCCCCCCC(=O)OCC(COP(=O)([O-])OCC[N+](C)(C)C)OC(=O)CCCCCCCCCCCC2=N/C(=C\c3c(C)cc(C)n3B(F)F)C=C2)=N1. The van der Waals surface area contributed by atoms with E-state index >= 15 is 0 Å². The lowest BCUT2D eigenvalue weighted by molar-refractivity contribution is -0.870. The second-order valence-electron chi connectivity index (χ2n) is 20.8. The zero-order chi connectivity index (χ0) is 54.1. The smallest absolute Gasteiger partial charge is 0.677 e. The van der Waals surface area contributed by atoms with Crippen LogP contribution in [0.3, 0.4) is 0 Å². The number of carbonyl (C=O) groups excluding carboxylic acids is 2. The molecule has 2 aromatic rings. The molecule has 0 bridgehead atoms. The normalized spacial score (nSPS) is 15.8. The van der Waals surface area contributed by atoms with E-state index < -0.39 is 47.3 Å². The van der Waals surface area contributed by atoms with Gasteiger partial charge in [0.25, 0.3) is 7.82 Å². The Hall–Kier alpha value is -4.28. The molecule has 2 atom stereocenters. The molecule has 0 N–H and O–H groups in total. The molecule has 0 aliphatic carbocycles. The molecular weight excluding hydrogens is 975 g/mol. The lowest BCUT2D eigenvalue weighted by Gasteiger charge is -2.28. The number of nitrogens with zero attached hydrogens (tertiary/aromatic N) is 5. The highest BCUT2D eigenvalue weighted by molar-refractivity contribution is 7.45. The third-order valence-electron chi connectivity index (χ3n) is 13.1. The van der Waals surface area contributed by atoms with Crippen LogP contribution < -0.4 is 4.89 Å². The summed E-state index contributed by atoms with van der Waals surface area (Å²) in [5.41, 5.74) is 6.92. The van der Waals surface area contributed by atoms with E-state index in [1.807, 2.05) is 59.3 Å². The molecule has 0 spiro atoms. The molecule has 74 heavy (non-hydrogen) atoms. The number of unbranched alkanes of at least 4 members (excludes halogenated alkanes) is 16. The van der Waals surface area contributed by atoms with Gasteiger partial charge in [0.2, 0.25) is 0 Å². The Kier molecular flexibility index (Phi) is 27.2. The van der Waals surface area contributed by atoms with E-state index in [4.69, 9.17) is 18.5 Å². The Labute approximate surface area is 439 Å². The van der Waals surface area contributed by atoms with Crippen LogP contribution >= 0.6 is 7.82 Å². The van der Waals surface area contributed by atoms with Crippen molar-refractivity contribution in [2.45, 2.75) is 175 Å². The summed E-state index contributed by atoms with van der Waals surface area (Å²) in [5, 5.41) is 0. The number of carbonyl (C=O) groups is 2. The van der Waals surface area contributed by atoms with Gasteiger partial charge in [0.15, 0.2) is 6.10 Å². The van der Waals surface area contributed by atoms with Gasteiger partial charge in [-0.25, -0.2) is 0 Å². The van der Waals surface area contributed by atoms with Crippen molar-refractivity contribution in [2.75, 3.05) is 47.5 Å². The first-order valence-corrected chi connectivity index (χ1v) is 28.3. The Morgan fingerprint density at radius 1 is 0.622 bits per heavy atom. The van der Waals surface area contributed by atoms with Crippen LogP contribution in [0.5, 0.6) is 0 Å². The predicted octanol–water partition coefficient (Wildman–Crippen LogP) is 12.7. The number of halogens is 4. The molecule has 20 heteroatoms. The van der Waals surface area contributed by atoms with Crippen molar-refractivity contribution in [3.63, 3.8) is 0 Å². The van der Waals surface area contributed by atoms with Crippen LogP contribution in [0.25, 0.3) is 12.2 Å². The molecule has 0 saturated carbocycles. The van der Waals surface area contributed by atoms with Crippen molar-refractivity contribution < 1.29 is 59.3 Å². The number of hydrogen-bond acceptors (Lipinski definition) is 10. The molecule has 0 amide bonds. The van der Waals surface area contributed by atoms with E-state index in [1.165, 1.54) is 0 Å². The second kappa shape index (κ2) is 32.3. The van der Waals surface area contributed by atoms with Crippen LogP contribution in [0.15, 0.2) is 57.8 Å². The predicted molar refractivity (Wildman–Crippen MR) is 288 cm³/mol. The molecule has 2 unspecified atom stereocenters. The van der Waals surface area contributed by atoms with Gasteiger partial charge in [0.1, 0.15) is 19.8 Å². The maximum absolute atomic E-state index is 13.6. The monoisotopic (exact) mass is 1060 g/mol. The Bertz CT molecular complexity index is 2340. The van der Waals surface area contributed by atoms with Gasteiger partial charge in [-0.15, -0.1) is 0 Å². The zero-order valence-corrected chi connectivity index (χ0v) is 46.1. The molecule has 2 aliphatic rings. The molecule has 0 aromatic carbocycles. The highest BCUT2D eigenvalue weighted by atomic mass is 31.2. The van der Waals surface area contributed by atoms with E-state index in [0.29, 0.717) is 58.0 Å². The topological polar surface area (TPSA) is 146 Å². The van der Waals surface area contributed by atoms with E-state index in [0.717, 1.165) is 147 Å². The standard InChI is InChI=1S/C54H82B2F4N5O8P/c1-42-36-44(3)63(55(57)58)51(42)38-48-32-30-46(61-48)26-22-18-14-10-8-12-16-20-24-28-53(66)70-40-50(41-72-74(68,69)71-35-34-65(5,6)7)73-54(67)29-25-21-17-13-9-11-15-19-23-27-47-31-33-49(62-47)39-52-43(2)37-45(4)64(52)56(59)60/h30-33,36-39,50H,8-29,34-35,40-41H2,1-7H3/b48-38-,49-39-. The van der Waals surface area contributed by atoms with Gasteiger partial charge in [-0.2, -0.15) is 0 Å². The molecule has 2 aliphatic heterocycles. The number of quaternary nitrogens is 1. The van der Waals surface area contributed by atoms with E-state index in [1.54, 1.807) is 38.1 Å². The van der Waals surface area contributed by atoms with Gasteiger partial charge < -0.3 is 36.9 Å². The third kappa shape index (κ3) is 23.7. The third-order valence-corrected chi connectivity index (χ3v) is 14.1. The molecule has 0 radical (unpaired) electrons. The molecule has 4 rings (SSSR count). The fourth-order valence-corrected chi connectivity index (χ4v) is 9.73. The van der Waals surface area contributed by atoms with Crippen LogP contribution in [0, 0.1) is 27.7 Å². The van der Waals surface area contributed by atoms with E-state index in [2.05, 4.69) is 9.98 Å². The number of aliphatic imine (C=N–C) groups is 2. The van der Waals surface area contributed by atoms with Crippen molar-refractivity contribution in [3.05, 3.63) is 81.7 Å². The van der Waals surface area contributed by atoms with Gasteiger partial charge in [-0.1, -0.05) is 89.9 Å². The summed E-state index contributed by atoms with van der Waals surface area (Å²) in [6, 6.07) is 3.52. The first-order chi connectivity index (χ1) is 35.2. The van der Waals surface area contributed by atoms with E-state index in [-0.39, 0.29) is 26.1 Å². The molecular formula is C54H82B2F4N5O8P. The second-order valence-corrected chi connectivity index (χ2v) is 22.2. The highest BCUT2D eigenvalue weighted by Crippen LogP contribution is 2.38. The largest absolute Gasteiger partial charge is 0.756 e. The number of aryl methyl sites for hydroxylation is 4. The average molecular weight is 1060 g/mol. The van der Waals surface area contributed by atoms with Crippen molar-refractivity contribution in [1.82, 2.24) is 8.96 Å². The Morgan fingerprint density at radius 3 is 1.45 bits per heavy atom. The number of likely N-dealkylation sites (N-methyl/N-ethyl adjacent to an activating group) is 1. The molecule has 13 nitrogen and oxygen atoms in total. The minimum absolute atomic E-state index is 0.0792. The number of phosphoric ester groups is 1. The fraction of sp³-hybridized carbons (Fsp3) is 0.630. The number of esters is 2. The maximum atomic E-state index is 13.6. The molecule has 2 aromatic heterocycles. The molecule has 410 valence electrons. The summed E-state index contributed by atoms with van der Waals surface area (Å²) < 4.78 is 90.4. The van der Waals surface area contributed by atoms with Crippen LogP contribution in [0.4, 0.5) is 17.3 Å². The van der Waals surface area contributed by atoms with Crippen LogP contribution in [-0.2, 0) is 32.7 Å². The quantitative estimate of drug-likeness (QED) is 0.0161. The maximum Gasteiger partial charge on any atom is 0.677 e. The summed E-state index contributed by atoms with van der Waals surface area (Å²) in [7, 11) is -4.20. The number of hydrogen-bond donors (Lipinski definition) is 0. The highest BCUT2D eigenvalue weighted by Gasteiger charge is 2.26. The van der Waals surface area contributed by atoms with Gasteiger partial charge in [0.05, 0.1) is 39.1 Å².